The Kier molecular flexibility index (Phi) is 6.27. The Labute approximate surface area is 122 Å². The van der Waals surface area contributed by atoms with E-state index in [1.807, 2.05) is 39.5 Å². The molecule has 1 rings (SSSR count). The number of likely N-dealkylation sites (tertiary alicyclic amines) is 1. The van der Waals surface area contributed by atoms with Crippen molar-refractivity contribution in [3.05, 3.63) is 0 Å². The fraction of sp³-hybridized carbons (Fsp3) is 0.933. The van der Waals surface area contributed by atoms with Crippen LogP contribution < -0.4 is 0 Å². The van der Waals surface area contributed by atoms with E-state index in [9.17, 15) is 4.79 Å². The number of hydrogen-bond acceptors (Lipinski definition) is 4. The molecule has 5 nitrogen and oxygen atoms in total. The molecule has 1 aliphatic rings. The second-order valence-electron chi connectivity index (χ2n) is 6.91. The van der Waals surface area contributed by atoms with Crippen molar-refractivity contribution < 1.29 is 14.6 Å². The molecule has 1 fully saturated rings. The first-order valence-electron chi connectivity index (χ1n) is 7.55. The maximum Gasteiger partial charge on any atom is 0.410 e. The molecule has 1 atom stereocenters. The third kappa shape index (κ3) is 5.67. The van der Waals surface area contributed by atoms with E-state index in [2.05, 4.69) is 4.90 Å². The number of nitrogens with zero attached hydrogens (tertiary/aromatic N) is 2. The summed E-state index contributed by atoms with van der Waals surface area (Å²) >= 11 is 0. The van der Waals surface area contributed by atoms with E-state index >= 15 is 0 Å². The molecule has 0 radical (unpaired) electrons. The van der Waals surface area contributed by atoms with E-state index in [-0.39, 0.29) is 18.7 Å². The van der Waals surface area contributed by atoms with Gasteiger partial charge in [-0.3, -0.25) is 0 Å². The zero-order valence-corrected chi connectivity index (χ0v) is 13.6. The van der Waals surface area contributed by atoms with Gasteiger partial charge in [0.2, 0.25) is 0 Å². The maximum absolute atomic E-state index is 12.2. The molecule has 20 heavy (non-hydrogen) atoms. The lowest BCUT2D eigenvalue weighted by atomic mass is 10.1. The SMILES string of the molecule is CC(C)N(C[C@@H]1CCN(CCO)C1)C(=O)OC(C)(C)C. The molecule has 5 heteroatoms. The number of ether oxygens (including phenoxy) is 1. The summed E-state index contributed by atoms with van der Waals surface area (Å²) in [4.78, 5) is 16.3. The van der Waals surface area contributed by atoms with Crippen molar-refractivity contribution in [1.29, 1.82) is 0 Å². The van der Waals surface area contributed by atoms with Crippen molar-refractivity contribution in [1.82, 2.24) is 9.80 Å². The van der Waals surface area contributed by atoms with Gasteiger partial charge in [-0.2, -0.15) is 0 Å². The lowest BCUT2D eigenvalue weighted by molar-refractivity contribution is 0.0158. The van der Waals surface area contributed by atoms with Gasteiger partial charge in [0.1, 0.15) is 5.60 Å². The van der Waals surface area contributed by atoms with E-state index in [0.717, 1.165) is 32.6 Å². The summed E-state index contributed by atoms with van der Waals surface area (Å²) in [6, 6.07) is 0.136. The van der Waals surface area contributed by atoms with Crippen LogP contribution in [0.2, 0.25) is 0 Å². The van der Waals surface area contributed by atoms with Crippen molar-refractivity contribution in [3.63, 3.8) is 0 Å². The highest BCUT2D eigenvalue weighted by Gasteiger charge is 2.29. The van der Waals surface area contributed by atoms with Crippen molar-refractivity contribution in [2.45, 2.75) is 52.7 Å². The first-order chi connectivity index (χ1) is 9.23. The molecule has 1 N–H and O–H groups in total. The monoisotopic (exact) mass is 286 g/mol. The van der Waals surface area contributed by atoms with Gasteiger partial charge >= 0.3 is 6.09 Å². The van der Waals surface area contributed by atoms with Crippen LogP contribution in [-0.4, -0.2) is 65.4 Å². The molecule has 0 saturated carbocycles. The largest absolute Gasteiger partial charge is 0.444 e. The molecule has 1 saturated heterocycles. The van der Waals surface area contributed by atoms with Crippen LogP contribution in [-0.2, 0) is 4.74 Å². The van der Waals surface area contributed by atoms with Crippen LogP contribution in [0.5, 0.6) is 0 Å². The molecule has 0 aromatic heterocycles. The molecule has 0 aromatic carbocycles. The molecule has 1 amide bonds. The molecule has 0 unspecified atom stereocenters. The van der Waals surface area contributed by atoms with Gasteiger partial charge in [0.15, 0.2) is 0 Å². The van der Waals surface area contributed by atoms with Gasteiger partial charge in [-0.25, -0.2) is 4.79 Å². The molecule has 1 heterocycles. The minimum Gasteiger partial charge on any atom is -0.444 e. The average molecular weight is 286 g/mol. The summed E-state index contributed by atoms with van der Waals surface area (Å²) in [5.74, 6) is 0.469. The van der Waals surface area contributed by atoms with Crippen molar-refractivity contribution >= 4 is 6.09 Å². The minimum absolute atomic E-state index is 0.136. The molecule has 118 valence electrons. The van der Waals surface area contributed by atoms with E-state index in [1.165, 1.54) is 0 Å². The standard InChI is InChI=1S/C15H30N2O3/c1-12(2)17(14(19)20-15(3,4)5)11-13-6-7-16(10-13)8-9-18/h12-13,18H,6-11H2,1-5H3/t13-/m1/s1. The van der Waals surface area contributed by atoms with E-state index < -0.39 is 5.60 Å². The van der Waals surface area contributed by atoms with Crippen LogP contribution >= 0.6 is 0 Å². The second kappa shape index (κ2) is 7.27. The summed E-state index contributed by atoms with van der Waals surface area (Å²) in [6.45, 7) is 13.3. The second-order valence-corrected chi connectivity index (χ2v) is 6.91. The number of rotatable bonds is 5. The zero-order chi connectivity index (χ0) is 15.3. The highest BCUT2D eigenvalue weighted by atomic mass is 16.6. The Morgan fingerprint density at radius 1 is 1.45 bits per heavy atom. The molecule has 0 aromatic rings. The first kappa shape index (κ1) is 17.2. The van der Waals surface area contributed by atoms with Crippen LogP contribution in [0, 0.1) is 5.92 Å². The Hall–Kier alpha value is -0.810. The van der Waals surface area contributed by atoms with Crippen LogP contribution in [0.4, 0.5) is 4.79 Å². The third-order valence-electron chi connectivity index (χ3n) is 3.49. The summed E-state index contributed by atoms with van der Waals surface area (Å²) < 4.78 is 5.48. The number of hydrogen-bond donors (Lipinski definition) is 1. The highest BCUT2D eigenvalue weighted by Crippen LogP contribution is 2.20. The molecular weight excluding hydrogens is 256 g/mol. The van der Waals surface area contributed by atoms with Crippen LogP contribution in [0.25, 0.3) is 0 Å². The maximum atomic E-state index is 12.2. The van der Waals surface area contributed by atoms with Gasteiger partial charge in [-0.1, -0.05) is 0 Å². The van der Waals surface area contributed by atoms with E-state index in [1.54, 1.807) is 0 Å². The topological polar surface area (TPSA) is 53.0 Å². The predicted molar refractivity (Wildman–Crippen MR) is 79.7 cm³/mol. The number of carbonyl (C=O) groups excluding carboxylic acids is 1. The van der Waals surface area contributed by atoms with Gasteiger partial charge in [-0.15, -0.1) is 0 Å². The summed E-state index contributed by atoms with van der Waals surface area (Å²) in [5.41, 5.74) is -0.456. The summed E-state index contributed by atoms with van der Waals surface area (Å²) in [5, 5.41) is 8.97. The highest BCUT2D eigenvalue weighted by molar-refractivity contribution is 5.68. The number of amides is 1. The summed E-state index contributed by atoms with van der Waals surface area (Å²) in [7, 11) is 0. The molecule has 0 bridgehead atoms. The lowest BCUT2D eigenvalue weighted by Gasteiger charge is -2.32. The predicted octanol–water partition coefficient (Wildman–Crippen LogP) is 1.95. The van der Waals surface area contributed by atoms with Gasteiger partial charge in [-0.05, 0) is 53.5 Å². The summed E-state index contributed by atoms with van der Waals surface area (Å²) in [6.07, 6.45) is 0.847. The number of β-amino-alcohol motifs (C(OH)–C–C–N with tert-alkyl or cyclic N) is 1. The van der Waals surface area contributed by atoms with Crippen molar-refractivity contribution in [2.75, 3.05) is 32.8 Å². The van der Waals surface area contributed by atoms with Crippen molar-refractivity contribution in [3.8, 4) is 0 Å². The van der Waals surface area contributed by atoms with Crippen LogP contribution in [0.15, 0.2) is 0 Å². The van der Waals surface area contributed by atoms with Gasteiger partial charge in [0, 0.05) is 25.7 Å². The third-order valence-corrected chi connectivity index (χ3v) is 3.49. The normalized spacial score (nSPS) is 20.4. The number of aliphatic hydroxyl groups excluding tert-OH is 1. The first-order valence-corrected chi connectivity index (χ1v) is 7.55. The number of carbonyl (C=O) groups is 1. The smallest absolute Gasteiger partial charge is 0.410 e. The minimum atomic E-state index is -0.456. The quantitative estimate of drug-likeness (QED) is 0.839. The van der Waals surface area contributed by atoms with Crippen LogP contribution in [0.3, 0.4) is 0 Å². The zero-order valence-electron chi connectivity index (χ0n) is 13.6. The Balaban J connectivity index is 2.54. The fourth-order valence-corrected chi connectivity index (χ4v) is 2.50. The number of aliphatic hydroxyl groups is 1. The van der Waals surface area contributed by atoms with Gasteiger partial charge < -0.3 is 19.6 Å². The molecule has 1 aliphatic heterocycles. The van der Waals surface area contributed by atoms with Gasteiger partial charge in [0.05, 0.1) is 6.61 Å². The van der Waals surface area contributed by atoms with Crippen LogP contribution in [0.1, 0.15) is 41.0 Å². The molecular formula is C15H30N2O3. The van der Waals surface area contributed by atoms with Crippen molar-refractivity contribution in [2.24, 2.45) is 5.92 Å². The van der Waals surface area contributed by atoms with E-state index in [4.69, 9.17) is 9.84 Å². The Morgan fingerprint density at radius 3 is 2.60 bits per heavy atom. The molecule has 0 spiro atoms. The Morgan fingerprint density at radius 2 is 2.10 bits per heavy atom. The lowest BCUT2D eigenvalue weighted by Crippen LogP contribution is -2.44. The molecule has 0 aliphatic carbocycles. The van der Waals surface area contributed by atoms with Gasteiger partial charge in [0.25, 0.3) is 0 Å². The fourth-order valence-electron chi connectivity index (χ4n) is 2.50. The Bertz CT molecular complexity index is 313. The average Bonchev–Trinajstić information content (AvgIpc) is 2.71. The van der Waals surface area contributed by atoms with E-state index in [0.29, 0.717) is 5.92 Å².